The summed E-state index contributed by atoms with van der Waals surface area (Å²) < 4.78 is 0. The molecule has 0 unspecified atom stereocenters. The van der Waals surface area contributed by atoms with Crippen molar-refractivity contribution in [2.45, 2.75) is 77.8 Å². The summed E-state index contributed by atoms with van der Waals surface area (Å²) in [5.41, 5.74) is 9.06. The van der Waals surface area contributed by atoms with Crippen molar-refractivity contribution in [2.24, 2.45) is 5.41 Å². The molecule has 1 aliphatic carbocycles. The lowest BCUT2D eigenvalue weighted by molar-refractivity contribution is -0.0431. The maximum absolute atomic E-state index is 5.01. The van der Waals surface area contributed by atoms with Crippen LogP contribution in [0, 0.1) is 19.3 Å². The third kappa shape index (κ3) is 4.60. The highest BCUT2D eigenvalue weighted by Gasteiger charge is 2.50. The SMILES string of the molecule is CC1=C(c2cc(-c3ccccc3C)nnc2C)[C@H](C)N(c2ncc(C3CCN(C4CC5(CNC5)C4)CC3)s2)CC1. The lowest BCUT2D eigenvalue weighted by atomic mass is 9.61. The Morgan fingerprint density at radius 2 is 1.75 bits per heavy atom. The molecule has 3 fully saturated rings. The molecule has 0 bridgehead atoms. The van der Waals surface area contributed by atoms with Crippen LogP contribution in [-0.4, -0.2) is 64.9 Å². The Labute approximate surface area is 242 Å². The van der Waals surface area contributed by atoms with Gasteiger partial charge in [0.1, 0.15) is 0 Å². The Bertz CT molecular complexity index is 1420. The Morgan fingerprint density at radius 3 is 2.48 bits per heavy atom. The first-order valence-corrected chi connectivity index (χ1v) is 16.0. The third-order valence-electron chi connectivity index (χ3n) is 10.3. The number of hydrogen-bond acceptors (Lipinski definition) is 7. The van der Waals surface area contributed by atoms with Gasteiger partial charge in [-0.05, 0) is 101 Å². The number of rotatable bonds is 5. The van der Waals surface area contributed by atoms with Crippen LogP contribution in [0.5, 0.6) is 0 Å². The molecule has 0 amide bonds. The van der Waals surface area contributed by atoms with Crippen LogP contribution < -0.4 is 10.2 Å². The number of benzene rings is 1. The summed E-state index contributed by atoms with van der Waals surface area (Å²) in [5, 5.41) is 13.9. The van der Waals surface area contributed by atoms with E-state index in [1.54, 1.807) is 0 Å². The van der Waals surface area contributed by atoms with Gasteiger partial charge in [-0.1, -0.05) is 29.8 Å². The fourth-order valence-electron chi connectivity index (χ4n) is 7.68. The molecule has 7 rings (SSSR count). The maximum Gasteiger partial charge on any atom is 0.186 e. The molecule has 2 saturated heterocycles. The second-order valence-corrected chi connectivity index (χ2v) is 13.9. The minimum absolute atomic E-state index is 0.245. The van der Waals surface area contributed by atoms with Gasteiger partial charge in [-0.3, -0.25) is 0 Å². The molecule has 1 N–H and O–H groups in total. The number of anilines is 1. The van der Waals surface area contributed by atoms with Gasteiger partial charge >= 0.3 is 0 Å². The molecule has 3 aliphatic heterocycles. The van der Waals surface area contributed by atoms with Crippen LogP contribution >= 0.6 is 11.3 Å². The number of hydrogen-bond donors (Lipinski definition) is 1. The van der Waals surface area contributed by atoms with Crippen LogP contribution in [0.3, 0.4) is 0 Å². The first kappa shape index (κ1) is 26.3. The number of nitrogens with zero attached hydrogens (tertiary/aromatic N) is 5. The Kier molecular flexibility index (Phi) is 6.80. The molecule has 1 spiro atoms. The zero-order valence-corrected chi connectivity index (χ0v) is 25.2. The number of piperidine rings is 1. The number of aromatic nitrogens is 3. The molecular formula is C33H42N6S. The van der Waals surface area contributed by atoms with Crippen LogP contribution in [0.25, 0.3) is 16.8 Å². The largest absolute Gasteiger partial charge is 0.341 e. The standard InChI is InChI=1S/C33H42N6S/c1-21-7-5-6-8-27(21)29-15-28(23(3)36-37-29)31-22(2)9-14-39(24(31)4)32-35-18-30(40-32)25-10-12-38(13-11-25)26-16-33(17-26)19-34-20-33/h5-8,15,18,24-26,34H,9-14,16-17,19-20H2,1-4H3/t24-/m0/s1. The highest BCUT2D eigenvalue weighted by molar-refractivity contribution is 7.15. The van der Waals surface area contributed by atoms with Crippen LogP contribution in [0.2, 0.25) is 0 Å². The Balaban J connectivity index is 1.06. The van der Waals surface area contributed by atoms with Gasteiger partial charge in [-0.15, -0.1) is 11.3 Å². The van der Waals surface area contributed by atoms with Gasteiger partial charge in [0.15, 0.2) is 5.13 Å². The van der Waals surface area contributed by atoms with Crippen LogP contribution in [-0.2, 0) is 0 Å². The van der Waals surface area contributed by atoms with Crippen molar-refractivity contribution >= 4 is 22.0 Å². The number of nitrogens with one attached hydrogen (secondary N) is 1. The molecule has 0 radical (unpaired) electrons. The van der Waals surface area contributed by atoms with Gasteiger partial charge in [0, 0.05) is 47.9 Å². The lowest BCUT2D eigenvalue weighted by Crippen LogP contribution is -2.65. The zero-order chi connectivity index (χ0) is 27.4. The first-order valence-electron chi connectivity index (χ1n) is 15.2. The summed E-state index contributed by atoms with van der Waals surface area (Å²) in [5.74, 6) is 0.655. The summed E-state index contributed by atoms with van der Waals surface area (Å²) in [6.07, 6.45) is 8.60. The molecule has 3 aromatic rings. The van der Waals surface area contributed by atoms with E-state index < -0.39 is 0 Å². The zero-order valence-electron chi connectivity index (χ0n) is 24.4. The maximum atomic E-state index is 5.01. The summed E-state index contributed by atoms with van der Waals surface area (Å²) in [7, 11) is 0. The number of aryl methyl sites for hydroxylation is 2. The average molecular weight is 555 g/mol. The van der Waals surface area contributed by atoms with Gasteiger partial charge in [-0.25, -0.2) is 4.98 Å². The van der Waals surface area contributed by atoms with Crippen LogP contribution in [0.4, 0.5) is 5.13 Å². The van der Waals surface area contributed by atoms with Crippen LogP contribution in [0.15, 0.2) is 42.1 Å². The van der Waals surface area contributed by atoms with Crippen molar-refractivity contribution in [3.63, 3.8) is 0 Å². The quantitative estimate of drug-likeness (QED) is 0.404. The van der Waals surface area contributed by atoms with Crippen molar-refractivity contribution in [1.82, 2.24) is 25.4 Å². The minimum Gasteiger partial charge on any atom is -0.341 e. The van der Waals surface area contributed by atoms with Gasteiger partial charge in [0.2, 0.25) is 0 Å². The van der Waals surface area contributed by atoms with Crippen molar-refractivity contribution in [1.29, 1.82) is 0 Å². The average Bonchev–Trinajstić information content (AvgIpc) is 3.39. The van der Waals surface area contributed by atoms with E-state index in [4.69, 9.17) is 4.98 Å². The summed E-state index contributed by atoms with van der Waals surface area (Å²) in [6.45, 7) is 14.9. The van der Waals surface area contributed by atoms with Gasteiger partial charge in [-0.2, -0.15) is 10.2 Å². The van der Waals surface area contributed by atoms with E-state index in [-0.39, 0.29) is 6.04 Å². The normalized spacial score (nSPS) is 23.9. The molecule has 40 heavy (non-hydrogen) atoms. The van der Waals surface area contributed by atoms with Gasteiger partial charge < -0.3 is 15.1 Å². The fraction of sp³-hybridized carbons (Fsp3) is 0.545. The van der Waals surface area contributed by atoms with Crippen molar-refractivity contribution < 1.29 is 0 Å². The second-order valence-electron chi connectivity index (χ2n) is 12.9. The highest BCUT2D eigenvalue weighted by atomic mass is 32.1. The number of thiazole rings is 1. The third-order valence-corrected chi connectivity index (χ3v) is 11.5. The Morgan fingerprint density at radius 1 is 0.975 bits per heavy atom. The summed E-state index contributed by atoms with van der Waals surface area (Å²) in [6, 6.07) is 11.8. The van der Waals surface area contributed by atoms with E-state index in [1.807, 2.05) is 11.3 Å². The highest BCUT2D eigenvalue weighted by Crippen LogP contribution is 2.48. The summed E-state index contributed by atoms with van der Waals surface area (Å²) in [4.78, 5) is 11.8. The molecule has 1 aromatic carbocycles. The van der Waals surface area contributed by atoms with Crippen molar-refractivity contribution in [3.8, 4) is 11.3 Å². The smallest absolute Gasteiger partial charge is 0.186 e. The molecule has 2 aromatic heterocycles. The molecule has 1 atom stereocenters. The van der Waals surface area contributed by atoms with Crippen molar-refractivity contribution in [3.05, 3.63) is 63.8 Å². The predicted molar refractivity (Wildman–Crippen MR) is 165 cm³/mol. The molecule has 7 heteroatoms. The van der Waals surface area contributed by atoms with E-state index in [9.17, 15) is 0 Å². The topological polar surface area (TPSA) is 57.2 Å². The van der Waals surface area contributed by atoms with E-state index >= 15 is 0 Å². The lowest BCUT2D eigenvalue weighted by Gasteiger charge is -2.58. The fourth-order valence-corrected chi connectivity index (χ4v) is 8.87. The van der Waals surface area contributed by atoms with E-state index in [0.717, 1.165) is 36.0 Å². The number of likely N-dealkylation sites (tertiary alicyclic amines) is 1. The van der Waals surface area contributed by atoms with E-state index in [0.29, 0.717) is 11.3 Å². The molecule has 6 nitrogen and oxygen atoms in total. The molecular weight excluding hydrogens is 512 g/mol. The minimum atomic E-state index is 0.245. The van der Waals surface area contributed by atoms with Gasteiger partial charge in [0.05, 0.1) is 17.4 Å². The molecule has 210 valence electrons. The molecule has 5 heterocycles. The molecule has 1 saturated carbocycles. The summed E-state index contributed by atoms with van der Waals surface area (Å²) >= 11 is 1.93. The van der Waals surface area contributed by atoms with E-state index in [1.165, 1.54) is 84.1 Å². The Hall–Kier alpha value is -2.61. The first-order chi connectivity index (χ1) is 19.4. The molecule has 4 aliphatic rings. The monoisotopic (exact) mass is 554 g/mol. The van der Waals surface area contributed by atoms with Crippen LogP contribution in [0.1, 0.15) is 73.6 Å². The second kappa shape index (κ2) is 10.3. The predicted octanol–water partition coefficient (Wildman–Crippen LogP) is 6.22. The van der Waals surface area contributed by atoms with Gasteiger partial charge in [0.25, 0.3) is 0 Å². The van der Waals surface area contributed by atoms with Crippen molar-refractivity contribution in [2.75, 3.05) is 37.6 Å². The van der Waals surface area contributed by atoms with E-state index in [2.05, 4.69) is 89.5 Å².